The minimum absolute atomic E-state index is 0.0646. The Morgan fingerprint density at radius 2 is 2.00 bits per heavy atom. The summed E-state index contributed by atoms with van der Waals surface area (Å²) in [7, 11) is 0. The number of hydrogen-bond donors (Lipinski definition) is 0. The fourth-order valence-corrected chi connectivity index (χ4v) is 2.85. The molecule has 0 aliphatic carbocycles. The number of nitrogens with zero attached hydrogens (tertiary/aromatic N) is 3. The first-order chi connectivity index (χ1) is 11.6. The van der Waals surface area contributed by atoms with E-state index in [-0.39, 0.29) is 5.69 Å². The van der Waals surface area contributed by atoms with Crippen LogP contribution < -0.4 is 0 Å². The van der Waals surface area contributed by atoms with Crippen LogP contribution in [0.1, 0.15) is 43.3 Å². The van der Waals surface area contributed by atoms with E-state index in [1.165, 1.54) is 12.1 Å². The molecule has 0 unspecified atom stereocenters. The van der Waals surface area contributed by atoms with E-state index in [9.17, 15) is 14.9 Å². The van der Waals surface area contributed by atoms with Crippen LogP contribution in [0.4, 0.5) is 5.69 Å². The van der Waals surface area contributed by atoms with Gasteiger partial charge in [0, 0.05) is 31.5 Å². The third kappa shape index (κ3) is 4.41. The molecular formula is C17H20ClN3O3. The van der Waals surface area contributed by atoms with Gasteiger partial charge in [0.15, 0.2) is 5.15 Å². The molecule has 128 valence electrons. The molecule has 0 saturated heterocycles. The molecule has 1 aromatic carbocycles. The fraction of sp³-hybridized carbons (Fsp3) is 0.412. The highest BCUT2D eigenvalue weighted by molar-refractivity contribution is 6.30. The van der Waals surface area contributed by atoms with Crippen molar-refractivity contribution in [3.63, 3.8) is 0 Å². The highest BCUT2D eigenvalue weighted by Crippen LogP contribution is 2.22. The number of halogens is 1. The van der Waals surface area contributed by atoms with Crippen LogP contribution in [0.2, 0.25) is 5.15 Å². The maximum atomic E-state index is 10.8. The highest BCUT2D eigenvalue weighted by atomic mass is 35.5. The molecule has 1 aromatic heterocycles. The van der Waals surface area contributed by atoms with E-state index in [2.05, 4.69) is 11.9 Å². The van der Waals surface area contributed by atoms with E-state index in [0.29, 0.717) is 24.5 Å². The Labute approximate surface area is 145 Å². The quantitative estimate of drug-likeness (QED) is 0.390. The normalized spacial score (nSPS) is 10.8. The summed E-state index contributed by atoms with van der Waals surface area (Å²) in [5.41, 5.74) is 1.84. The number of carbonyl (C=O) groups excluding carboxylic acids is 1. The Morgan fingerprint density at radius 3 is 2.58 bits per heavy atom. The van der Waals surface area contributed by atoms with Gasteiger partial charge in [0.25, 0.3) is 5.69 Å². The molecule has 0 saturated carbocycles. The second-order valence-corrected chi connectivity index (χ2v) is 5.94. The van der Waals surface area contributed by atoms with Gasteiger partial charge in [-0.25, -0.2) is 4.98 Å². The molecule has 0 aliphatic heterocycles. The number of unbranched alkanes of at least 4 members (excludes halogenated alkanes) is 1. The van der Waals surface area contributed by atoms with Gasteiger partial charge in [-0.1, -0.05) is 37.1 Å². The van der Waals surface area contributed by atoms with Crippen molar-refractivity contribution in [2.45, 2.75) is 45.6 Å². The van der Waals surface area contributed by atoms with Crippen LogP contribution >= 0.6 is 11.6 Å². The van der Waals surface area contributed by atoms with Gasteiger partial charge in [0.1, 0.15) is 12.1 Å². The first kappa shape index (κ1) is 18.1. The van der Waals surface area contributed by atoms with Gasteiger partial charge in [-0.2, -0.15) is 0 Å². The molecule has 0 fully saturated rings. The SMILES string of the molecule is CCCCc1nc(Cl)c(CCC=O)n1Cc1ccc([N+](=O)[O-])cc1. The lowest BCUT2D eigenvalue weighted by Gasteiger charge is -2.12. The van der Waals surface area contributed by atoms with Crippen molar-refractivity contribution >= 4 is 23.6 Å². The summed E-state index contributed by atoms with van der Waals surface area (Å²) < 4.78 is 2.03. The van der Waals surface area contributed by atoms with Crippen molar-refractivity contribution in [2.75, 3.05) is 0 Å². The molecule has 7 heteroatoms. The van der Waals surface area contributed by atoms with E-state index in [1.807, 2.05) is 4.57 Å². The zero-order valence-corrected chi connectivity index (χ0v) is 14.3. The summed E-state index contributed by atoms with van der Waals surface area (Å²) in [6.07, 6.45) is 4.65. The number of aromatic nitrogens is 2. The number of aryl methyl sites for hydroxylation is 1. The molecule has 24 heavy (non-hydrogen) atoms. The lowest BCUT2D eigenvalue weighted by molar-refractivity contribution is -0.384. The van der Waals surface area contributed by atoms with Crippen LogP contribution in [0.3, 0.4) is 0 Å². The van der Waals surface area contributed by atoms with Crippen molar-refractivity contribution < 1.29 is 9.72 Å². The number of benzene rings is 1. The van der Waals surface area contributed by atoms with Gasteiger partial charge >= 0.3 is 0 Å². The standard InChI is InChI=1S/C17H20ClN3O3/c1-2-3-6-16-19-17(18)15(5-4-11-22)20(16)12-13-7-9-14(10-8-13)21(23)24/h7-11H,2-6,12H2,1H3. The second kappa shape index (κ2) is 8.59. The number of non-ortho nitro benzene ring substituents is 1. The maximum Gasteiger partial charge on any atom is 0.269 e. The van der Waals surface area contributed by atoms with Crippen molar-refractivity contribution in [1.82, 2.24) is 9.55 Å². The molecule has 0 bridgehead atoms. The molecule has 2 rings (SSSR count). The molecule has 0 spiro atoms. The lowest BCUT2D eigenvalue weighted by Crippen LogP contribution is -2.09. The number of carbonyl (C=O) groups is 1. The fourth-order valence-electron chi connectivity index (χ4n) is 2.56. The van der Waals surface area contributed by atoms with Gasteiger partial charge in [-0.3, -0.25) is 10.1 Å². The van der Waals surface area contributed by atoms with Crippen LogP contribution in [-0.2, 0) is 24.2 Å². The van der Waals surface area contributed by atoms with Crippen molar-refractivity contribution in [2.24, 2.45) is 0 Å². The number of nitro groups is 1. The molecule has 0 amide bonds. The topological polar surface area (TPSA) is 78.0 Å². The summed E-state index contributed by atoms with van der Waals surface area (Å²) in [5, 5.41) is 11.2. The Bertz CT molecular complexity index is 711. The number of rotatable bonds is 9. The van der Waals surface area contributed by atoms with E-state index in [4.69, 9.17) is 11.6 Å². The van der Waals surface area contributed by atoms with Gasteiger partial charge in [-0.05, 0) is 18.4 Å². The number of hydrogen-bond acceptors (Lipinski definition) is 4. The van der Waals surface area contributed by atoms with Crippen molar-refractivity contribution in [3.05, 3.63) is 56.6 Å². The second-order valence-electron chi connectivity index (χ2n) is 5.58. The Kier molecular flexibility index (Phi) is 6.49. The minimum Gasteiger partial charge on any atom is -0.326 e. The summed E-state index contributed by atoms with van der Waals surface area (Å²) in [5.74, 6) is 0.890. The minimum atomic E-state index is -0.417. The van der Waals surface area contributed by atoms with Gasteiger partial charge < -0.3 is 9.36 Å². The average Bonchev–Trinajstić information content (AvgIpc) is 2.86. The molecule has 0 radical (unpaired) electrons. The molecule has 0 N–H and O–H groups in total. The van der Waals surface area contributed by atoms with Crippen LogP contribution in [-0.4, -0.2) is 20.8 Å². The summed E-state index contributed by atoms with van der Waals surface area (Å²) in [4.78, 5) is 25.5. The molecular weight excluding hydrogens is 330 g/mol. The monoisotopic (exact) mass is 349 g/mol. The van der Waals surface area contributed by atoms with Crippen LogP contribution in [0, 0.1) is 10.1 Å². The summed E-state index contributed by atoms with van der Waals surface area (Å²) in [6, 6.07) is 6.45. The smallest absolute Gasteiger partial charge is 0.269 e. The van der Waals surface area contributed by atoms with Crippen LogP contribution in [0.5, 0.6) is 0 Å². The summed E-state index contributed by atoms with van der Waals surface area (Å²) >= 11 is 6.26. The van der Waals surface area contributed by atoms with Crippen molar-refractivity contribution in [1.29, 1.82) is 0 Å². The van der Waals surface area contributed by atoms with E-state index < -0.39 is 4.92 Å². The average molecular weight is 350 g/mol. The predicted molar refractivity (Wildman–Crippen MR) is 92.4 cm³/mol. The largest absolute Gasteiger partial charge is 0.326 e. The highest BCUT2D eigenvalue weighted by Gasteiger charge is 2.16. The Balaban J connectivity index is 2.30. The predicted octanol–water partition coefficient (Wildman–Crippen LogP) is 3.97. The van der Waals surface area contributed by atoms with E-state index in [0.717, 1.165) is 42.6 Å². The molecule has 0 atom stereocenters. The van der Waals surface area contributed by atoms with Crippen LogP contribution in [0.15, 0.2) is 24.3 Å². The van der Waals surface area contributed by atoms with Crippen molar-refractivity contribution in [3.8, 4) is 0 Å². The Morgan fingerprint density at radius 1 is 1.29 bits per heavy atom. The number of imidazole rings is 1. The van der Waals surface area contributed by atoms with Crippen LogP contribution in [0.25, 0.3) is 0 Å². The third-order valence-electron chi connectivity index (χ3n) is 3.84. The zero-order chi connectivity index (χ0) is 17.5. The summed E-state index contributed by atoms with van der Waals surface area (Å²) in [6.45, 7) is 2.64. The number of nitro benzene ring substituents is 1. The van der Waals surface area contributed by atoms with Gasteiger partial charge in [0.2, 0.25) is 0 Å². The first-order valence-electron chi connectivity index (χ1n) is 7.97. The van der Waals surface area contributed by atoms with Gasteiger partial charge in [0.05, 0.1) is 10.6 Å². The molecule has 2 aromatic rings. The molecule has 1 heterocycles. The molecule has 0 aliphatic rings. The van der Waals surface area contributed by atoms with E-state index in [1.54, 1.807) is 12.1 Å². The Hall–Kier alpha value is -2.21. The maximum absolute atomic E-state index is 10.8. The van der Waals surface area contributed by atoms with E-state index >= 15 is 0 Å². The number of aldehydes is 1. The lowest BCUT2D eigenvalue weighted by atomic mass is 10.2. The molecule has 6 nitrogen and oxygen atoms in total. The first-order valence-corrected chi connectivity index (χ1v) is 8.35. The van der Waals surface area contributed by atoms with Gasteiger partial charge in [-0.15, -0.1) is 0 Å². The zero-order valence-electron chi connectivity index (χ0n) is 13.6. The third-order valence-corrected chi connectivity index (χ3v) is 4.15.